The topological polar surface area (TPSA) is 17.1 Å². The number of carbonyl (C=O) groups is 1. The van der Waals surface area contributed by atoms with Crippen molar-refractivity contribution in [2.75, 3.05) is 0 Å². The molecule has 0 heterocycles. The minimum atomic E-state index is -0.664. The van der Waals surface area contributed by atoms with E-state index in [2.05, 4.69) is 0 Å². The Kier molecular flexibility index (Phi) is 2.54. The van der Waals surface area contributed by atoms with E-state index in [4.69, 9.17) is 23.2 Å². The number of carbonyl (C=O) groups excluding carboxylic acids is 1. The molecule has 1 nitrogen and oxygen atoms in total. The molecule has 3 heteroatoms. The van der Waals surface area contributed by atoms with Crippen LogP contribution in [0.1, 0.15) is 23.8 Å². The van der Waals surface area contributed by atoms with Crippen LogP contribution in [0.3, 0.4) is 0 Å². The number of ketones is 1. The first-order chi connectivity index (χ1) is 6.63. The van der Waals surface area contributed by atoms with E-state index in [9.17, 15) is 4.79 Å². The van der Waals surface area contributed by atoms with Gasteiger partial charge in [-0.2, -0.15) is 0 Å². The highest BCUT2D eigenvalue weighted by molar-refractivity contribution is 6.44. The summed E-state index contributed by atoms with van der Waals surface area (Å²) in [5.41, 5.74) is 0.825. The molecule has 1 aromatic carbocycles. The summed E-state index contributed by atoms with van der Waals surface area (Å²) in [6.45, 7) is 0. The third-order valence-corrected chi connectivity index (χ3v) is 3.47. The first-order valence-corrected chi connectivity index (χ1v) is 5.37. The Labute approximate surface area is 93.0 Å². The van der Waals surface area contributed by atoms with Gasteiger partial charge in [-0.25, -0.2) is 0 Å². The number of hydrogen-bond acceptors (Lipinski definition) is 1. The van der Waals surface area contributed by atoms with Gasteiger partial charge < -0.3 is 0 Å². The third kappa shape index (κ3) is 1.79. The molecule has 0 bridgehead atoms. The molecule has 1 saturated carbocycles. The highest BCUT2D eigenvalue weighted by Gasteiger charge is 2.50. The zero-order valence-electron chi connectivity index (χ0n) is 7.54. The molecular weight excluding hydrogens is 219 g/mol. The fourth-order valence-electron chi connectivity index (χ4n) is 1.36. The summed E-state index contributed by atoms with van der Waals surface area (Å²) in [5.74, 6) is -0.0629. The van der Waals surface area contributed by atoms with Crippen LogP contribution in [0, 0.1) is 0 Å². The van der Waals surface area contributed by atoms with Gasteiger partial charge in [0, 0.05) is 0 Å². The van der Waals surface area contributed by atoms with Crippen molar-refractivity contribution >= 4 is 29.0 Å². The Balaban J connectivity index is 2.16. The standard InChI is InChI=1S/C11H10Cl2O/c12-9(8-4-2-1-3-5-8)10(14)11(13)6-7-11/h1-5,9H,6-7H2. The minimum Gasteiger partial charge on any atom is -0.296 e. The van der Waals surface area contributed by atoms with Crippen LogP contribution in [0.5, 0.6) is 0 Å². The highest BCUT2D eigenvalue weighted by atomic mass is 35.5. The Morgan fingerprint density at radius 1 is 1.29 bits per heavy atom. The summed E-state index contributed by atoms with van der Waals surface area (Å²) in [7, 11) is 0. The number of rotatable bonds is 3. The first kappa shape index (κ1) is 10.0. The van der Waals surface area contributed by atoms with Crippen LogP contribution in [0.2, 0.25) is 0 Å². The van der Waals surface area contributed by atoms with E-state index in [0.29, 0.717) is 0 Å². The summed E-state index contributed by atoms with van der Waals surface area (Å²) in [6, 6.07) is 9.32. The maximum absolute atomic E-state index is 11.8. The van der Waals surface area contributed by atoms with Crippen molar-refractivity contribution in [2.45, 2.75) is 23.1 Å². The van der Waals surface area contributed by atoms with E-state index < -0.39 is 10.3 Å². The van der Waals surface area contributed by atoms with E-state index in [0.717, 1.165) is 18.4 Å². The van der Waals surface area contributed by atoms with Crippen LogP contribution >= 0.6 is 23.2 Å². The monoisotopic (exact) mass is 228 g/mol. The predicted molar refractivity (Wildman–Crippen MR) is 57.9 cm³/mol. The van der Waals surface area contributed by atoms with Crippen LogP contribution in [0.4, 0.5) is 0 Å². The second kappa shape index (κ2) is 3.56. The quantitative estimate of drug-likeness (QED) is 0.726. The summed E-state index contributed by atoms with van der Waals surface area (Å²) in [6.07, 6.45) is 1.51. The lowest BCUT2D eigenvalue weighted by molar-refractivity contribution is -0.119. The molecule has 1 fully saturated rings. The zero-order chi connectivity index (χ0) is 10.2. The molecule has 0 spiro atoms. The molecule has 2 rings (SSSR count). The maximum Gasteiger partial charge on any atom is 0.175 e. The largest absolute Gasteiger partial charge is 0.296 e. The zero-order valence-corrected chi connectivity index (χ0v) is 9.05. The summed E-state index contributed by atoms with van der Waals surface area (Å²) >= 11 is 12.1. The average molecular weight is 229 g/mol. The molecule has 0 saturated heterocycles. The molecule has 1 atom stereocenters. The lowest BCUT2D eigenvalue weighted by Crippen LogP contribution is -2.20. The number of benzene rings is 1. The van der Waals surface area contributed by atoms with Crippen molar-refractivity contribution < 1.29 is 4.79 Å². The second-order valence-corrected chi connectivity index (χ2v) is 4.76. The van der Waals surface area contributed by atoms with Crippen LogP contribution < -0.4 is 0 Å². The number of hydrogen-bond donors (Lipinski definition) is 0. The fourth-order valence-corrected chi connectivity index (χ4v) is 1.97. The van der Waals surface area contributed by atoms with Gasteiger partial charge >= 0.3 is 0 Å². The molecule has 1 aliphatic carbocycles. The van der Waals surface area contributed by atoms with Gasteiger partial charge in [-0.1, -0.05) is 30.3 Å². The van der Waals surface area contributed by atoms with E-state index in [-0.39, 0.29) is 5.78 Å². The molecule has 74 valence electrons. The second-order valence-electron chi connectivity index (χ2n) is 3.60. The predicted octanol–water partition coefficient (Wildman–Crippen LogP) is 3.31. The lowest BCUT2D eigenvalue weighted by atomic mass is 10.1. The SMILES string of the molecule is O=C(C(Cl)c1ccccc1)C1(Cl)CC1. The van der Waals surface area contributed by atoms with Gasteiger partial charge in [0.25, 0.3) is 0 Å². The number of Topliss-reactive ketones (excluding diaryl/α,β-unsaturated/α-hetero) is 1. The van der Waals surface area contributed by atoms with Crippen LogP contribution in [-0.2, 0) is 4.79 Å². The minimum absolute atomic E-state index is 0.0629. The van der Waals surface area contributed by atoms with Crippen LogP contribution in [-0.4, -0.2) is 10.7 Å². The maximum atomic E-state index is 11.8. The Morgan fingerprint density at radius 3 is 2.36 bits per heavy atom. The third-order valence-electron chi connectivity index (χ3n) is 2.45. The Bertz CT molecular complexity index is 344. The molecule has 0 radical (unpaired) electrons. The molecule has 0 aliphatic heterocycles. The normalized spacial score (nSPS) is 20.1. The number of halogens is 2. The van der Waals surface area contributed by atoms with Crippen LogP contribution in [0.25, 0.3) is 0 Å². The lowest BCUT2D eigenvalue weighted by Gasteiger charge is -2.11. The van der Waals surface area contributed by atoms with Gasteiger partial charge in [0.15, 0.2) is 5.78 Å². The van der Waals surface area contributed by atoms with Crippen molar-refractivity contribution in [1.29, 1.82) is 0 Å². The van der Waals surface area contributed by atoms with Gasteiger partial charge in [0.2, 0.25) is 0 Å². The Hall–Kier alpha value is -0.530. The van der Waals surface area contributed by atoms with Gasteiger partial charge in [-0.15, -0.1) is 23.2 Å². The van der Waals surface area contributed by atoms with E-state index in [1.165, 1.54) is 0 Å². The molecule has 0 aromatic heterocycles. The molecule has 14 heavy (non-hydrogen) atoms. The smallest absolute Gasteiger partial charge is 0.175 e. The molecular formula is C11H10Cl2O. The van der Waals surface area contributed by atoms with Gasteiger partial charge in [0.1, 0.15) is 10.3 Å². The summed E-state index contributed by atoms with van der Waals surface area (Å²) in [5, 5.41) is -0.601. The molecule has 1 aromatic rings. The molecule has 0 amide bonds. The van der Waals surface area contributed by atoms with Crippen molar-refractivity contribution in [3.63, 3.8) is 0 Å². The highest BCUT2D eigenvalue weighted by Crippen LogP contribution is 2.47. The van der Waals surface area contributed by atoms with Crippen molar-refractivity contribution in [3.8, 4) is 0 Å². The van der Waals surface area contributed by atoms with E-state index in [1.807, 2.05) is 30.3 Å². The Morgan fingerprint density at radius 2 is 1.86 bits per heavy atom. The van der Waals surface area contributed by atoms with E-state index in [1.54, 1.807) is 0 Å². The number of alkyl halides is 2. The molecule has 1 aliphatic rings. The molecule has 0 N–H and O–H groups in total. The van der Waals surface area contributed by atoms with Gasteiger partial charge in [0.05, 0.1) is 0 Å². The average Bonchev–Trinajstić information content (AvgIpc) is 2.97. The van der Waals surface area contributed by atoms with Crippen molar-refractivity contribution in [2.24, 2.45) is 0 Å². The summed E-state index contributed by atoms with van der Waals surface area (Å²) in [4.78, 5) is 11.1. The first-order valence-electron chi connectivity index (χ1n) is 4.56. The van der Waals surface area contributed by atoms with Gasteiger partial charge in [-0.05, 0) is 18.4 Å². The molecule has 1 unspecified atom stereocenters. The summed E-state index contributed by atoms with van der Waals surface area (Å²) < 4.78 is 0. The van der Waals surface area contributed by atoms with Crippen LogP contribution in [0.15, 0.2) is 30.3 Å². The van der Waals surface area contributed by atoms with E-state index >= 15 is 0 Å². The fraction of sp³-hybridized carbons (Fsp3) is 0.364. The van der Waals surface area contributed by atoms with Gasteiger partial charge in [-0.3, -0.25) is 4.79 Å². The van der Waals surface area contributed by atoms with Crippen molar-refractivity contribution in [1.82, 2.24) is 0 Å². The van der Waals surface area contributed by atoms with Crippen molar-refractivity contribution in [3.05, 3.63) is 35.9 Å².